The van der Waals surface area contributed by atoms with Crippen LogP contribution in [0.4, 0.5) is 14.5 Å². The van der Waals surface area contributed by atoms with Crippen LogP contribution in [0.15, 0.2) is 41.3 Å². The summed E-state index contributed by atoms with van der Waals surface area (Å²) in [5, 5.41) is 3.11. The zero-order valence-corrected chi connectivity index (χ0v) is 16.4. The Kier molecular flexibility index (Phi) is 5.92. The molecule has 0 aromatic heterocycles. The highest BCUT2D eigenvalue weighted by atomic mass is 32.2. The van der Waals surface area contributed by atoms with E-state index in [9.17, 15) is 13.0 Å². The fraction of sp³-hybridized carbons (Fsp3) is 0.429. The Morgan fingerprint density at radius 1 is 1.14 bits per heavy atom. The maximum Gasteiger partial charge on any atom is 0.159 e. The number of rotatable bonds is 6. The second-order valence-electron chi connectivity index (χ2n) is 7.40. The lowest BCUT2D eigenvalue weighted by Gasteiger charge is -2.32. The molecule has 28 heavy (non-hydrogen) atoms. The molecule has 1 unspecified atom stereocenters. The molecule has 0 spiro atoms. The van der Waals surface area contributed by atoms with Gasteiger partial charge in [-0.25, -0.2) is 8.78 Å². The molecule has 2 aromatic carbocycles. The van der Waals surface area contributed by atoms with Crippen LogP contribution in [0.25, 0.3) is 0 Å². The van der Waals surface area contributed by atoms with Crippen molar-refractivity contribution >= 4 is 16.5 Å². The maximum absolute atomic E-state index is 13.8. The number of hydrogen-bond acceptors (Lipinski definition) is 4. The number of fused-ring (bicyclic) bond motifs is 1. The summed E-state index contributed by atoms with van der Waals surface area (Å²) in [5.41, 5.74) is 1.54. The van der Waals surface area contributed by atoms with Crippen molar-refractivity contribution < 1.29 is 17.7 Å². The van der Waals surface area contributed by atoms with Crippen molar-refractivity contribution in [3.05, 3.63) is 53.6 Å². The summed E-state index contributed by atoms with van der Waals surface area (Å²) in [6.45, 7) is 3.08. The van der Waals surface area contributed by atoms with Crippen molar-refractivity contribution in [1.82, 2.24) is 4.90 Å². The van der Waals surface area contributed by atoms with E-state index in [0.29, 0.717) is 30.4 Å². The largest absolute Gasteiger partial charge is 0.471 e. The van der Waals surface area contributed by atoms with Gasteiger partial charge >= 0.3 is 0 Å². The molecular weight excluding hydrogens is 382 g/mol. The minimum Gasteiger partial charge on any atom is -0.471 e. The van der Waals surface area contributed by atoms with E-state index in [2.05, 4.69) is 10.2 Å². The fourth-order valence-corrected chi connectivity index (χ4v) is 4.96. The van der Waals surface area contributed by atoms with E-state index >= 15 is 0 Å². The molecule has 0 bridgehead atoms. The van der Waals surface area contributed by atoms with Crippen molar-refractivity contribution in [1.29, 1.82) is 0 Å². The first-order valence-corrected chi connectivity index (χ1v) is 11.0. The molecule has 7 heteroatoms. The van der Waals surface area contributed by atoms with Gasteiger partial charge in [-0.05, 0) is 68.1 Å². The van der Waals surface area contributed by atoms with Crippen LogP contribution in [0, 0.1) is 17.6 Å². The number of hydrogen-bond donors (Lipinski definition) is 1. The quantitative estimate of drug-likeness (QED) is 0.793. The standard InChI is InChI=1S/C21H24F2N2O2S/c22-17-2-1-16(19(23)12-17)11-15-5-7-25(8-6-15)9-10-28(26)18-3-4-20-21(13-18)27-14-24-20/h1-4,12-13,15,24H,5-11,14H2. The maximum atomic E-state index is 13.8. The van der Waals surface area contributed by atoms with E-state index in [1.165, 1.54) is 6.07 Å². The molecule has 1 atom stereocenters. The Morgan fingerprint density at radius 3 is 2.75 bits per heavy atom. The van der Waals surface area contributed by atoms with Crippen molar-refractivity contribution in [3.8, 4) is 5.75 Å². The molecule has 1 fully saturated rings. The molecule has 4 nitrogen and oxygen atoms in total. The first-order valence-electron chi connectivity index (χ1n) is 9.64. The lowest BCUT2D eigenvalue weighted by molar-refractivity contribution is 0.192. The Labute approximate surface area is 166 Å². The Balaban J connectivity index is 1.24. The number of benzene rings is 2. The SMILES string of the molecule is O=S(CCN1CCC(Cc2ccc(F)cc2F)CC1)c1ccc2c(c1)OCN2. The molecule has 150 valence electrons. The molecule has 0 radical (unpaired) electrons. The highest BCUT2D eigenvalue weighted by Gasteiger charge is 2.21. The lowest BCUT2D eigenvalue weighted by atomic mass is 9.90. The third-order valence-corrected chi connectivity index (χ3v) is 6.86. The van der Waals surface area contributed by atoms with E-state index in [1.807, 2.05) is 18.2 Å². The second kappa shape index (κ2) is 8.57. The van der Waals surface area contributed by atoms with Gasteiger partial charge in [-0.1, -0.05) is 6.07 Å². The van der Waals surface area contributed by atoms with Crippen LogP contribution >= 0.6 is 0 Å². The van der Waals surface area contributed by atoms with Gasteiger partial charge in [0.2, 0.25) is 0 Å². The number of piperidine rings is 1. The normalized spacial score (nSPS) is 18.4. The summed E-state index contributed by atoms with van der Waals surface area (Å²) in [4.78, 5) is 3.12. The van der Waals surface area contributed by atoms with Gasteiger partial charge < -0.3 is 15.0 Å². The van der Waals surface area contributed by atoms with Gasteiger partial charge in [0.05, 0.1) is 16.5 Å². The molecule has 1 saturated heterocycles. The van der Waals surface area contributed by atoms with Gasteiger partial charge in [0.25, 0.3) is 0 Å². The average molecular weight is 406 g/mol. The van der Waals surface area contributed by atoms with Gasteiger partial charge in [-0.2, -0.15) is 0 Å². The second-order valence-corrected chi connectivity index (χ2v) is 8.97. The van der Waals surface area contributed by atoms with Crippen LogP contribution < -0.4 is 10.1 Å². The number of nitrogens with zero attached hydrogens (tertiary/aromatic N) is 1. The predicted octanol–water partition coefficient (Wildman–Crippen LogP) is 3.79. The van der Waals surface area contributed by atoms with Crippen LogP contribution in [0.3, 0.4) is 0 Å². The highest BCUT2D eigenvalue weighted by molar-refractivity contribution is 7.85. The summed E-state index contributed by atoms with van der Waals surface area (Å²) in [6.07, 6.45) is 2.60. The minimum absolute atomic E-state index is 0.406. The predicted molar refractivity (Wildman–Crippen MR) is 106 cm³/mol. The number of halogens is 2. The van der Waals surface area contributed by atoms with Crippen LogP contribution in [-0.2, 0) is 17.2 Å². The molecule has 2 aromatic rings. The number of nitrogens with one attached hydrogen (secondary N) is 1. The van der Waals surface area contributed by atoms with Gasteiger partial charge in [-0.15, -0.1) is 0 Å². The third kappa shape index (κ3) is 4.52. The van der Waals surface area contributed by atoms with Crippen molar-refractivity contribution in [3.63, 3.8) is 0 Å². The molecule has 0 aliphatic carbocycles. The Hall–Kier alpha value is -1.99. The van der Waals surface area contributed by atoms with Gasteiger partial charge in [0.15, 0.2) is 6.73 Å². The summed E-state index contributed by atoms with van der Waals surface area (Å²) in [5.74, 6) is 0.771. The number of ether oxygens (including phenoxy) is 1. The fourth-order valence-electron chi connectivity index (χ4n) is 3.84. The monoisotopic (exact) mass is 406 g/mol. The van der Waals surface area contributed by atoms with Crippen molar-refractivity contribution in [2.24, 2.45) is 5.92 Å². The summed E-state index contributed by atoms with van der Waals surface area (Å²) in [7, 11) is -1.06. The third-order valence-electron chi connectivity index (χ3n) is 5.53. The van der Waals surface area contributed by atoms with E-state index in [4.69, 9.17) is 4.74 Å². The number of anilines is 1. The Bertz CT molecular complexity index is 869. The van der Waals surface area contributed by atoms with Gasteiger partial charge in [0.1, 0.15) is 17.4 Å². The molecule has 0 saturated carbocycles. The number of likely N-dealkylation sites (tertiary alicyclic amines) is 1. The van der Waals surface area contributed by atoms with E-state index in [-0.39, 0.29) is 0 Å². The smallest absolute Gasteiger partial charge is 0.159 e. The molecule has 1 N–H and O–H groups in total. The van der Waals surface area contributed by atoms with Crippen LogP contribution in [-0.4, -0.2) is 41.2 Å². The first kappa shape index (κ1) is 19.3. The van der Waals surface area contributed by atoms with Gasteiger partial charge in [-0.3, -0.25) is 4.21 Å². The highest BCUT2D eigenvalue weighted by Crippen LogP contribution is 2.31. The molecule has 4 rings (SSSR count). The van der Waals surface area contributed by atoms with Crippen LogP contribution in [0.2, 0.25) is 0 Å². The molecule has 2 heterocycles. The van der Waals surface area contributed by atoms with Crippen LogP contribution in [0.5, 0.6) is 5.75 Å². The molecule has 0 amide bonds. The summed E-state index contributed by atoms with van der Waals surface area (Å²) < 4.78 is 44.9. The lowest BCUT2D eigenvalue weighted by Crippen LogP contribution is -2.36. The Morgan fingerprint density at radius 2 is 1.96 bits per heavy atom. The average Bonchev–Trinajstić information content (AvgIpc) is 3.17. The van der Waals surface area contributed by atoms with Gasteiger partial charge in [0, 0.05) is 23.3 Å². The van der Waals surface area contributed by atoms with Crippen LogP contribution in [0.1, 0.15) is 18.4 Å². The van der Waals surface area contributed by atoms with E-state index < -0.39 is 22.4 Å². The summed E-state index contributed by atoms with van der Waals surface area (Å²) in [6, 6.07) is 9.49. The first-order chi connectivity index (χ1) is 13.6. The van der Waals surface area contributed by atoms with Crippen molar-refractivity contribution in [2.75, 3.05) is 37.4 Å². The minimum atomic E-state index is -1.06. The summed E-state index contributed by atoms with van der Waals surface area (Å²) >= 11 is 0. The van der Waals surface area contributed by atoms with Crippen molar-refractivity contribution in [2.45, 2.75) is 24.2 Å². The van der Waals surface area contributed by atoms with E-state index in [1.54, 1.807) is 6.07 Å². The topological polar surface area (TPSA) is 41.6 Å². The van der Waals surface area contributed by atoms with E-state index in [0.717, 1.165) is 54.9 Å². The zero-order valence-electron chi connectivity index (χ0n) is 15.6. The molecular formula is C21H24F2N2O2S. The zero-order chi connectivity index (χ0) is 19.5. The molecule has 2 aliphatic rings. The molecule has 2 aliphatic heterocycles.